The zero-order valence-corrected chi connectivity index (χ0v) is 15.4. The maximum absolute atomic E-state index is 11.5. The van der Waals surface area contributed by atoms with E-state index in [2.05, 4.69) is 31.9 Å². The van der Waals surface area contributed by atoms with Crippen molar-refractivity contribution in [1.29, 1.82) is 0 Å². The number of hydrogen-bond acceptors (Lipinski definition) is 4. The molecule has 0 N–H and O–H groups in total. The van der Waals surface area contributed by atoms with Crippen LogP contribution in [-0.4, -0.2) is 49.7 Å². The monoisotopic (exact) mass is 330 g/mol. The predicted molar refractivity (Wildman–Crippen MR) is 94.5 cm³/mol. The fourth-order valence-electron chi connectivity index (χ4n) is 1.65. The number of carbonyl (C=O) groups is 2. The van der Waals surface area contributed by atoms with E-state index in [1.807, 2.05) is 0 Å². The Morgan fingerprint density at radius 2 is 1.36 bits per heavy atom. The molecule has 128 valence electrons. The molecule has 0 aliphatic carbocycles. The Morgan fingerprint density at radius 3 is 1.68 bits per heavy atom. The second kappa shape index (κ2) is 9.72. The number of esters is 2. The minimum atomic E-state index is -0.553. The van der Waals surface area contributed by atoms with Gasteiger partial charge in [0.05, 0.1) is 13.2 Å². The number of rotatable bonds is 10. The van der Waals surface area contributed by atoms with E-state index in [0.717, 1.165) is 18.6 Å². The smallest absolute Gasteiger partial charge is 0.333 e. The van der Waals surface area contributed by atoms with Gasteiger partial charge >= 0.3 is 11.9 Å². The Bertz CT molecular complexity index is 391. The summed E-state index contributed by atoms with van der Waals surface area (Å²) in [5.74, 6) is 0.343. The van der Waals surface area contributed by atoms with E-state index in [1.54, 1.807) is 13.8 Å². The molecule has 0 bridgehead atoms. The Morgan fingerprint density at radius 1 is 0.955 bits per heavy atom. The average molecular weight is 330 g/mol. The van der Waals surface area contributed by atoms with Crippen molar-refractivity contribution in [3.8, 4) is 0 Å². The van der Waals surface area contributed by atoms with Crippen LogP contribution in [0, 0.1) is 5.92 Å². The summed E-state index contributed by atoms with van der Waals surface area (Å²) in [5, 5.41) is 0. The molecular formula is C17H30O4S. The third-order valence-corrected chi connectivity index (χ3v) is 4.48. The molecule has 22 heavy (non-hydrogen) atoms. The lowest BCUT2D eigenvalue weighted by Gasteiger charge is -2.26. The highest BCUT2D eigenvalue weighted by atomic mass is 32.3. The molecule has 0 aliphatic heterocycles. The molecule has 0 saturated carbocycles. The van der Waals surface area contributed by atoms with Crippen LogP contribution in [0.15, 0.2) is 24.3 Å². The molecule has 0 heterocycles. The van der Waals surface area contributed by atoms with Crippen molar-refractivity contribution in [1.82, 2.24) is 0 Å². The zero-order valence-electron chi connectivity index (χ0n) is 14.6. The summed E-state index contributed by atoms with van der Waals surface area (Å²) < 4.78 is 10.4. The fraction of sp³-hybridized carbons (Fsp3) is 0.647. The van der Waals surface area contributed by atoms with E-state index < -0.39 is 22.0 Å². The van der Waals surface area contributed by atoms with Gasteiger partial charge in [-0.05, 0) is 51.2 Å². The minimum absolute atomic E-state index is 0.00773. The molecule has 5 heteroatoms. The highest BCUT2D eigenvalue weighted by Crippen LogP contribution is 2.35. The Kier molecular flexibility index (Phi) is 9.18. The zero-order chi connectivity index (χ0) is 17.3. The lowest BCUT2D eigenvalue weighted by atomic mass is 10.1. The van der Waals surface area contributed by atoms with Crippen molar-refractivity contribution in [3.05, 3.63) is 24.3 Å². The van der Waals surface area contributed by atoms with Gasteiger partial charge in [-0.25, -0.2) is 19.6 Å². The molecule has 0 aromatic rings. The van der Waals surface area contributed by atoms with E-state index in [0.29, 0.717) is 11.1 Å². The normalized spacial score (nSPS) is 11.9. The Labute approximate surface area is 136 Å². The maximum Gasteiger partial charge on any atom is 0.333 e. The second-order valence-electron chi connectivity index (χ2n) is 6.56. The highest BCUT2D eigenvalue weighted by Gasteiger charge is 2.16. The van der Waals surface area contributed by atoms with E-state index in [9.17, 15) is 9.59 Å². The van der Waals surface area contributed by atoms with Crippen LogP contribution in [0.4, 0.5) is 0 Å². The SMILES string of the molecule is C=C(C)C(=O)OCC(CCCS(C)(C)C)COC(=O)C(=C)C. The van der Waals surface area contributed by atoms with Crippen LogP contribution in [-0.2, 0) is 19.1 Å². The topological polar surface area (TPSA) is 52.6 Å². The molecule has 4 nitrogen and oxygen atoms in total. The minimum Gasteiger partial charge on any atom is -0.462 e. The molecule has 0 aliphatic rings. The fourth-order valence-corrected chi connectivity index (χ4v) is 2.69. The summed E-state index contributed by atoms with van der Waals surface area (Å²) in [6, 6.07) is 0. The van der Waals surface area contributed by atoms with Crippen molar-refractivity contribution in [2.24, 2.45) is 5.92 Å². The van der Waals surface area contributed by atoms with E-state index >= 15 is 0 Å². The van der Waals surface area contributed by atoms with Gasteiger partial charge in [-0.2, -0.15) is 0 Å². The highest BCUT2D eigenvalue weighted by molar-refractivity contribution is 8.32. The van der Waals surface area contributed by atoms with Crippen molar-refractivity contribution in [2.45, 2.75) is 26.7 Å². The lowest BCUT2D eigenvalue weighted by molar-refractivity contribution is -0.144. The van der Waals surface area contributed by atoms with Crippen molar-refractivity contribution >= 4 is 22.0 Å². The molecule has 0 rings (SSSR count). The Balaban J connectivity index is 4.42. The van der Waals surface area contributed by atoms with Crippen molar-refractivity contribution in [2.75, 3.05) is 37.7 Å². The molecule has 0 aromatic heterocycles. The molecule has 0 saturated heterocycles. The van der Waals surface area contributed by atoms with Gasteiger partial charge in [0.2, 0.25) is 0 Å². The van der Waals surface area contributed by atoms with Crippen LogP contribution < -0.4 is 0 Å². The molecule has 0 unspecified atom stereocenters. The van der Waals surface area contributed by atoms with Crippen LogP contribution in [0.5, 0.6) is 0 Å². The largest absolute Gasteiger partial charge is 0.462 e. The lowest BCUT2D eigenvalue weighted by Crippen LogP contribution is -2.22. The molecule has 0 radical (unpaired) electrons. The number of ether oxygens (including phenoxy) is 2. The van der Waals surface area contributed by atoms with Crippen molar-refractivity contribution in [3.63, 3.8) is 0 Å². The molecular weight excluding hydrogens is 300 g/mol. The molecule has 0 fully saturated rings. The van der Waals surface area contributed by atoms with Gasteiger partial charge in [0, 0.05) is 17.1 Å². The van der Waals surface area contributed by atoms with E-state index in [4.69, 9.17) is 9.47 Å². The van der Waals surface area contributed by atoms with Crippen LogP contribution in [0.1, 0.15) is 26.7 Å². The first-order chi connectivity index (χ1) is 10.0. The van der Waals surface area contributed by atoms with Gasteiger partial charge in [0.25, 0.3) is 0 Å². The van der Waals surface area contributed by atoms with Gasteiger partial charge in [-0.15, -0.1) is 0 Å². The van der Waals surface area contributed by atoms with E-state index in [-0.39, 0.29) is 19.1 Å². The summed E-state index contributed by atoms with van der Waals surface area (Å²) in [7, 11) is -0.553. The standard InChI is InChI=1S/C17H30O4S/c1-13(2)16(18)20-11-15(9-8-10-22(5,6)7)12-21-17(19)14(3)4/h15H,1,3,8-12H2,2,4-7H3. The Hall–Kier alpha value is -1.23. The molecule has 0 aromatic carbocycles. The van der Waals surface area contributed by atoms with Crippen LogP contribution in [0.2, 0.25) is 0 Å². The summed E-state index contributed by atoms with van der Waals surface area (Å²) in [5.41, 5.74) is 0.744. The maximum atomic E-state index is 11.5. The summed E-state index contributed by atoms with van der Waals surface area (Å²) >= 11 is 0. The van der Waals surface area contributed by atoms with Crippen LogP contribution in [0.25, 0.3) is 0 Å². The predicted octanol–water partition coefficient (Wildman–Crippen LogP) is 3.32. The molecule has 0 amide bonds. The van der Waals surface area contributed by atoms with Gasteiger partial charge < -0.3 is 9.47 Å². The van der Waals surface area contributed by atoms with Crippen LogP contribution >= 0.6 is 10.0 Å². The number of hydrogen-bond donors (Lipinski definition) is 0. The quantitative estimate of drug-likeness (QED) is 0.455. The van der Waals surface area contributed by atoms with Gasteiger partial charge in [0.1, 0.15) is 0 Å². The van der Waals surface area contributed by atoms with E-state index in [1.165, 1.54) is 0 Å². The third-order valence-electron chi connectivity index (χ3n) is 2.97. The van der Waals surface area contributed by atoms with Crippen molar-refractivity contribution < 1.29 is 19.1 Å². The summed E-state index contributed by atoms with van der Waals surface area (Å²) in [4.78, 5) is 23.0. The van der Waals surface area contributed by atoms with Gasteiger partial charge in [-0.1, -0.05) is 13.2 Å². The van der Waals surface area contributed by atoms with Gasteiger partial charge in [0.15, 0.2) is 0 Å². The third kappa shape index (κ3) is 10.5. The summed E-state index contributed by atoms with van der Waals surface area (Å²) in [6.45, 7) is 10.8. The average Bonchev–Trinajstić information content (AvgIpc) is 2.38. The summed E-state index contributed by atoms with van der Waals surface area (Å²) in [6.07, 6.45) is 8.69. The number of carbonyl (C=O) groups excluding carboxylic acids is 2. The molecule has 0 atom stereocenters. The first-order valence-corrected chi connectivity index (χ1v) is 10.4. The van der Waals surface area contributed by atoms with Crippen LogP contribution in [0.3, 0.4) is 0 Å². The molecule has 0 spiro atoms. The first kappa shape index (κ1) is 20.8. The van der Waals surface area contributed by atoms with Gasteiger partial charge in [-0.3, -0.25) is 0 Å². The second-order valence-corrected chi connectivity index (χ2v) is 11.2. The first-order valence-electron chi connectivity index (χ1n) is 7.34.